The highest BCUT2D eigenvalue weighted by Gasteiger charge is 2.32. The van der Waals surface area contributed by atoms with Gasteiger partial charge in [0.05, 0.1) is 41.0 Å². The van der Waals surface area contributed by atoms with Gasteiger partial charge < -0.3 is 23.6 Å². The molecular weight excluding hydrogens is 696 g/mol. The van der Waals surface area contributed by atoms with E-state index in [4.69, 9.17) is 18.9 Å². The molecule has 0 saturated heterocycles. The highest BCUT2D eigenvalue weighted by atomic mass is 32.2. The van der Waals surface area contributed by atoms with Crippen molar-refractivity contribution in [1.82, 2.24) is 14.5 Å². The number of hydrogen-bond acceptors (Lipinski definition) is 9. The molecule has 1 N–H and O–H groups in total. The van der Waals surface area contributed by atoms with E-state index in [9.17, 15) is 35.9 Å². The van der Waals surface area contributed by atoms with Gasteiger partial charge in [0.25, 0.3) is 0 Å². The van der Waals surface area contributed by atoms with E-state index in [1.807, 2.05) is 0 Å². The average molecular weight is 725 g/mol. The van der Waals surface area contributed by atoms with Gasteiger partial charge in [-0.05, 0) is 42.5 Å². The molecule has 0 radical (unpaired) electrons. The maximum Gasteiger partial charge on any atom is 0.422 e. The number of aromatic nitrogens is 3. The van der Waals surface area contributed by atoms with Crippen LogP contribution in [0.4, 0.5) is 23.2 Å². The van der Waals surface area contributed by atoms with E-state index in [0.29, 0.717) is 33.6 Å². The number of anilines is 1. The molecule has 0 fully saturated rings. The van der Waals surface area contributed by atoms with Gasteiger partial charge in [0.2, 0.25) is 15.9 Å². The van der Waals surface area contributed by atoms with Crippen LogP contribution in [0.15, 0.2) is 71.3 Å². The molecule has 0 saturated carbocycles. The van der Waals surface area contributed by atoms with Gasteiger partial charge in [-0.3, -0.25) is 9.10 Å². The molecule has 16 heteroatoms. The number of furan rings is 1. The van der Waals surface area contributed by atoms with Gasteiger partial charge in [-0.15, -0.1) is 0 Å². The van der Waals surface area contributed by atoms with Gasteiger partial charge in [-0.2, -0.15) is 13.2 Å². The number of hydrogen-bond donors (Lipinski definition) is 1. The summed E-state index contributed by atoms with van der Waals surface area (Å²) in [5.74, 6) is -0.719. The van der Waals surface area contributed by atoms with Gasteiger partial charge >= 0.3 is 6.18 Å². The number of benzene rings is 2. The number of aliphatic hydroxyl groups is 1. The Labute approximate surface area is 287 Å². The molecule has 6 aromatic rings. The van der Waals surface area contributed by atoms with Crippen molar-refractivity contribution in [1.29, 1.82) is 0 Å². The molecular formula is C35H28F4N4O7S. The van der Waals surface area contributed by atoms with Crippen molar-refractivity contribution in [3.63, 3.8) is 0 Å². The van der Waals surface area contributed by atoms with Gasteiger partial charge in [0, 0.05) is 53.7 Å². The second-order valence-electron chi connectivity index (χ2n) is 11.8. The number of nitrogens with zero attached hydrogens (tertiary/aromatic N) is 4. The van der Waals surface area contributed by atoms with E-state index < -0.39 is 41.5 Å². The van der Waals surface area contributed by atoms with E-state index in [1.165, 1.54) is 37.5 Å². The lowest BCUT2D eigenvalue weighted by Gasteiger charge is -2.28. The molecule has 0 aliphatic carbocycles. The van der Waals surface area contributed by atoms with Crippen molar-refractivity contribution in [2.24, 2.45) is 0 Å². The van der Waals surface area contributed by atoms with Crippen LogP contribution in [0.1, 0.15) is 29.9 Å². The van der Waals surface area contributed by atoms with Gasteiger partial charge in [-0.1, -0.05) is 13.0 Å². The summed E-state index contributed by atoms with van der Waals surface area (Å²) in [6, 6.07) is 15.0. The number of ether oxygens (including phenoxy) is 2. The molecule has 0 amide bonds. The van der Waals surface area contributed by atoms with Crippen molar-refractivity contribution < 1.29 is 49.8 Å². The number of fused-ring (bicyclic) bond motifs is 6. The standard InChI is InChI=1S/C35H28F4N4O7S/c1-4-27(45)32-21-12-20(23-9-10-28-33(41-23)26-13-19-22(36)6-5-7-24(19)43(26)31(16-44)49-28)25(42(2)51(3,46)47)14-29(21)50-34(32)18-8-11-30(40-15-18)48-17-35(37,38)39/h5-15,31,44H,4,16-17H2,1-3H3. The first-order valence-corrected chi connectivity index (χ1v) is 17.4. The number of ketones is 1. The van der Waals surface area contributed by atoms with Crippen molar-refractivity contribution >= 4 is 43.4 Å². The zero-order chi connectivity index (χ0) is 36.4. The summed E-state index contributed by atoms with van der Waals surface area (Å²) in [7, 11) is -2.51. The third-order valence-corrected chi connectivity index (χ3v) is 9.73. The molecule has 0 spiro atoms. The van der Waals surface area contributed by atoms with Crippen LogP contribution in [0.25, 0.3) is 55.8 Å². The number of pyridine rings is 2. The first-order chi connectivity index (χ1) is 24.2. The van der Waals surface area contributed by atoms with E-state index in [2.05, 4.69) is 4.98 Å². The molecule has 1 aliphatic heterocycles. The molecule has 2 aromatic carbocycles. The minimum Gasteiger partial charge on any atom is -0.468 e. The monoisotopic (exact) mass is 724 g/mol. The fourth-order valence-electron chi connectivity index (χ4n) is 6.09. The predicted octanol–water partition coefficient (Wildman–Crippen LogP) is 7.13. The first kappa shape index (κ1) is 34.0. The van der Waals surface area contributed by atoms with Crippen LogP contribution in [-0.4, -0.2) is 66.5 Å². The lowest BCUT2D eigenvalue weighted by atomic mass is 9.98. The number of carbonyl (C=O) groups is 1. The molecule has 264 valence electrons. The molecule has 1 aliphatic rings. The fourth-order valence-corrected chi connectivity index (χ4v) is 6.60. The minimum absolute atomic E-state index is 0.0593. The second kappa shape index (κ2) is 12.4. The van der Waals surface area contributed by atoms with Crippen LogP contribution in [0.5, 0.6) is 11.6 Å². The maximum atomic E-state index is 14.9. The lowest BCUT2D eigenvalue weighted by molar-refractivity contribution is -0.154. The Kier molecular flexibility index (Phi) is 8.25. The Morgan fingerprint density at radius 3 is 2.55 bits per heavy atom. The highest BCUT2D eigenvalue weighted by molar-refractivity contribution is 7.92. The fraction of sp³-hybridized carbons (Fsp3) is 0.229. The summed E-state index contributed by atoms with van der Waals surface area (Å²) in [6.45, 7) is -0.298. The average Bonchev–Trinajstić information content (AvgIpc) is 3.68. The zero-order valence-electron chi connectivity index (χ0n) is 27.2. The van der Waals surface area contributed by atoms with Crippen LogP contribution in [0.3, 0.4) is 0 Å². The van der Waals surface area contributed by atoms with Crippen LogP contribution in [0, 0.1) is 5.82 Å². The number of aliphatic hydroxyl groups excluding tert-OH is 1. The number of rotatable bonds is 9. The molecule has 0 bridgehead atoms. The Morgan fingerprint density at radius 1 is 1.10 bits per heavy atom. The molecule has 5 heterocycles. The van der Waals surface area contributed by atoms with Crippen LogP contribution in [0.2, 0.25) is 0 Å². The van der Waals surface area contributed by atoms with Gasteiger partial charge in [-0.25, -0.2) is 22.8 Å². The van der Waals surface area contributed by atoms with Crippen molar-refractivity contribution in [2.75, 3.05) is 30.8 Å². The van der Waals surface area contributed by atoms with E-state index in [0.717, 1.165) is 10.6 Å². The van der Waals surface area contributed by atoms with Gasteiger partial charge in [0.1, 0.15) is 28.6 Å². The van der Waals surface area contributed by atoms with Crippen LogP contribution in [-0.2, 0) is 10.0 Å². The SMILES string of the molecule is CCC(=O)c1c(-c2ccc(OCC(F)(F)F)nc2)oc2cc(N(C)S(C)(=O)=O)c(-c3ccc4c(n3)-c3cc5c(F)cccc5n3C(CO)O4)cc12. The van der Waals surface area contributed by atoms with E-state index in [1.54, 1.807) is 47.9 Å². The molecule has 4 aromatic heterocycles. The Bertz CT molecular complexity index is 2460. The molecule has 7 rings (SSSR count). The molecule has 51 heavy (non-hydrogen) atoms. The predicted molar refractivity (Wildman–Crippen MR) is 180 cm³/mol. The zero-order valence-corrected chi connectivity index (χ0v) is 28.0. The lowest BCUT2D eigenvalue weighted by Crippen LogP contribution is -2.26. The topological polar surface area (TPSA) is 137 Å². The minimum atomic E-state index is -4.56. The number of alkyl halides is 3. The summed E-state index contributed by atoms with van der Waals surface area (Å²) in [5.41, 5.74) is 2.52. The van der Waals surface area contributed by atoms with Crippen molar-refractivity contribution in [2.45, 2.75) is 25.7 Å². The molecule has 1 unspecified atom stereocenters. The van der Waals surface area contributed by atoms with Crippen molar-refractivity contribution in [3.05, 3.63) is 78.2 Å². The van der Waals surface area contributed by atoms with E-state index >= 15 is 0 Å². The number of halogens is 4. The Morgan fingerprint density at radius 2 is 1.88 bits per heavy atom. The normalized spacial score (nSPS) is 14.3. The quantitative estimate of drug-likeness (QED) is 0.122. The Balaban J connectivity index is 1.42. The third-order valence-electron chi connectivity index (χ3n) is 8.54. The van der Waals surface area contributed by atoms with E-state index in [-0.39, 0.29) is 57.3 Å². The summed E-state index contributed by atoms with van der Waals surface area (Å²) in [6.07, 6.45) is -3.14. The summed E-state index contributed by atoms with van der Waals surface area (Å²) >= 11 is 0. The van der Waals surface area contributed by atoms with Gasteiger partial charge in [0.15, 0.2) is 18.6 Å². The number of sulfonamides is 1. The first-order valence-electron chi connectivity index (χ1n) is 15.5. The smallest absolute Gasteiger partial charge is 0.422 e. The number of carbonyl (C=O) groups excluding carboxylic acids is 1. The second-order valence-corrected chi connectivity index (χ2v) is 13.9. The number of Topliss-reactive ketones (excluding diaryl/α,β-unsaturated/α-hetero) is 1. The summed E-state index contributed by atoms with van der Waals surface area (Å²) in [5, 5.41) is 10.8. The summed E-state index contributed by atoms with van der Waals surface area (Å²) in [4.78, 5) is 22.3. The largest absolute Gasteiger partial charge is 0.468 e. The van der Waals surface area contributed by atoms with Crippen LogP contribution >= 0.6 is 0 Å². The molecule has 11 nitrogen and oxygen atoms in total. The Hall–Kier alpha value is -5.48. The maximum absolute atomic E-state index is 14.9. The molecule has 1 atom stereocenters. The summed E-state index contributed by atoms with van der Waals surface area (Å²) < 4.78 is 98.2. The third kappa shape index (κ3) is 6.03. The van der Waals surface area contributed by atoms with Crippen LogP contribution < -0.4 is 13.8 Å². The van der Waals surface area contributed by atoms with Crippen molar-refractivity contribution in [3.8, 4) is 45.6 Å². The highest BCUT2D eigenvalue weighted by Crippen LogP contribution is 2.45.